The lowest BCUT2D eigenvalue weighted by molar-refractivity contribution is 0.687. The Morgan fingerprint density at radius 2 is 1.76 bits per heavy atom. The summed E-state index contributed by atoms with van der Waals surface area (Å²) >= 11 is 12.1. The molecule has 0 amide bonds. The molecule has 0 bridgehead atoms. The molecule has 1 nitrogen and oxygen atoms in total. The van der Waals surface area contributed by atoms with Crippen molar-refractivity contribution < 1.29 is 0 Å². The van der Waals surface area contributed by atoms with Crippen LogP contribution in [0.1, 0.15) is 36.9 Å². The van der Waals surface area contributed by atoms with E-state index in [1.54, 1.807) is 0 Å². The van der Waals surface area contributed by atoms with Crippen LogP contribution < -0.4 is 0 Å². The average molecular weight is 372 g/mol. The van der Waals surface area contributed by atoms with Crippen LogP contribution in [0.15, 0.2) is 54.6 Å². The van der Waals surface area contributed by atoms with Gasteiger partial charge in [-0.3, -0.25) is 0 Å². The van der Waals surface area contributed by atoms with E-state index in [0.717, 1.165) is 22.9 Å². The third-order valence-electron chi connectivity index (χ3n) is 4.56. The van der Waals surface area contributed by atoms with Gasteiger partial charge in [0.2, 0.25) is 0 Å². The van der Waals surface area contributed by atoms with Gasteiger partial charge in [-0.15, -0.1) is 0 Å². The van der Waals surface area contributed by atoms with Crippen LogP contribution in [-0.2, 0) is 13.5 Å². The maximum atomic E-state index is 6.07. The van der Waals surface area contributed by atoms with Gasteiger partial charge in [-0.1, -0.05) is 47.8 Å². The van der Waals surface area contributed by atoms with Gasteiger partial charge in [0.05, 0.1) is 0 Å². The summed E-state index contributed by atoms with van der Waals surface area (Å²) in [6.45, 7) is 0. The van der Waals surface area contributed by atoms with Gasteiger partial charge in [0, 0.05) is 33.7 Å². The van der Waals surface area contributed by atoms with E-state index in [9.17, 15) is 0 Å². The molecule has 3 heteroatoms. The zero-order valence-corrected chi connectivity index (χ0v) is 16.0. The van der Waals surface area contributed by atoms with E-state index in [4.69, 9.17) is 23.2 Å². The zero-order valence-electron chi connectivity index (χ0n) is 14.5. The van der Waals surface area contributed by atoms with Crippen LogP contribution in [0.2, 0.25) is 10.0 Å². The molecule has 3 rings (SSSR count). The quantitative estimate of drug-likeness (QED) is 0.383. The second kappa shape index (κ2) is 8.60. The van der Waals surface area contributed by atoms with Gasteiger partial charge in [-0.2, -0.15) is 0 Å². The SMILES string of the molecule is Cn1c(/C=C/CCCCCc2cccc(Cl)c2)cc2cc(Cl)ccc21. The van der Waals surface area contributed by atoms with Crippen LogP contribution in [0.5, 0.6) is 0 Å². The molecule has 25 heavy (non-hydrogen) atoms. The van der Waals surface area contributed by atoms with Crippen molar-refractivity contribution in [1.29, 1.82) is 0 Å². The van der Waals surface area contributed by atoms with Gasteiger partial charge in [0.25, 0.3) is 0 Å². The number of unbranched alkanes of at least 4 members (excludes halogenated alkanes) is 3. The molecule has 0 unspecified atom stereocenters. The van der Waals surface area contributed by atoms with Crippen molar-refractivity contribution in [3.63, 3.8) is 0 Å². The number of benzene rings is 2. The molecule has 1 heterocycles. The number of aryl methyl sites for hydroxylation is 2. The first-order valence-electron chi connectivity index (χ1n) is 8.79. The Kier molecular flexibility index (Phi) is 6.23. The summed E-state index contributed by atoms with van der Waals surface area (Å²) < 4.78 is 2.21. The smallest absolute Gasteiger partial charge is 0.0483 e. The second-order valence-corrected chi connectivity index (χ2v) is 7.34. The summed E-state index contributed by atoms with van der Waals surface area (Å²) in [5.74, 6) is 0. The number of fused-ring (bicyclic) bond motifs is 1. The van der Waals surface area contributed by atoms with Gasteiger partial charge < -0.3 is 4.57 Å². The Balaban J connectivity index is 1.45. The molecule has 0 N–H and O–H groups in total. The molecular weight excluding hydrogens is 349 g/mol. The van der Waals surface area contributed by atoms with E-state index in [-0.39, 0.29) is 0 Å². The predicted octanol–water partition coefficient (Wildman–Crippen LogP) is 7.30. The number of hydrogen-bond donors (Lipinski definition) is 0. The fourth-order valence-corrected chi connectivity index (χ4v) is 3.56. The molecule has 0 spiro atoms. The van der Waals surface area contributed by atoms with Crippen molar-refractivity contribution in [2.24, 2.45) is 7.05 Å². The number of nitrogens with zero attached hydrogens (tertiary/aromatic N) is 1. The molecule has 0 aliphatic heterocycles. The lowest BCUT2D eigenvalue weighted by Crippen LogP contribution is -1.89. The lowest BCUT2D eigenvalue weighted by atomic mass is 10.1. The van der Waals surface area contributed by atoms with Crippen molar-refractivity contribution >= 4 is 40.2 Å². The van der Waals surface area contributed by atoms with Crippen molar-refractivity contribution in [1.82, 2.24) is 4.57 Å². The van der Waals surface area contributed by atoms with Crippen LogP contribution in [0.4, 0.5) is 0 Å². The van der Waals surface area contributed by atoms with E-state index in [2.05, 4.69) is 48.0 Å². The molecule has 1 aromatic heterocycles. The van der Waals surface area contributed by atoms with Crippen LogP contribution in [0.25, 0.3) is 17.0 Å². The fourth-order valence-electron chi connectivity index (χ4n) is 3.17. The monoisotopic (exact) mass is 371 g/mol. The minimum absolute atomic E-state index is 0.785. The second-order valence-electron chi connectivity index (χ2n) is 6.46. The predicted molar refractivity (Wildman–Crippen MR) is 111 cm³/mol. The number of hydrogen-bond acceptors (Lipinski definition) is 0. The summed E-state index contributed by atoms with van der Waals surface area (Å²) in [5.41, 5.74) is 3.76. The third-order valence-corrected chi connectivity index (χ3v) is 5.03. The number of rotatable bonds is 7. The highest BCUT2D eigenvalue weighted by molar-refractivity contribution is 6.31. The van der Waals surface area contributed by atoms with Gasteiger partial charge >= 0.3 is 0 Å². The largest absolute Gasteiger partial charge is 0.344 e. The highest BCUT2D eigenvalue weighted by Gasteiger charge is 2.03. The maximum absolute atomic E-state index is 6.07. The number of allylic oxidation sites excluding steroid dienone is 1. The average Bonchev–Trinajstić information content (AvgIpc) is 2.89. The van der Waals surface area contributed by atoms with Crippen molar-refractivity contribution in [3.05, 3.63) is 75.9 Å². The Morgan fingerprint density at radius 3 is 2.60 bits per heavy atom. The molecule has 0 radical (unpaired) electrons. The first kappa shape index (κ1) is 18.1. The molecule has 0 aliphatic rings. The Bertz CT molecular complexity index is 877. The van der Waals surface area contributed by atoms with Gasteiger partial charge in [-0.25, -0.2) is 0 Å². The number of halogens is 2. The minimum atomic E-state index is 0.785. The molecular formula is C22H23Cl2N. The van der Waals surface area contributed by atoms with E-state index < -0.39 is 0 Å². The topological polar surface area (TPSA) is 4.93 Å². The summed E-state index contributed by atoms with van der Waals surface area (Å²) in [7, 11) is 2.10. The minimum Gasteiger partial charge on any atom is -0.344 e. The first-order valence-corrected chi connectivity index (χ1v) is 9.55. The normalized spacial score (nSPS) is 11.6. The van der Waals surface area contributed by atoms with Gasteiger partial charge in [-0.05, 0) is 73.7 Å². The van der Waals surface area contributed by atoms with Gasteiger partial charge in [0.1, 0.15) is 0 Å². The summed E-state index contributed by atoms with van der Waals surface area (Å²) in [4.78, 5) is 0. The summed E-state index contributed by atoms with van der Waals surface area (Å²) in [6.07, 6.45) is 10.4. The van der Waals surface area contributed by atoms with E-state index in [1.165, 1.54) is 41.4 Å². The molecule has 0 saturated heterocycles. The molecule has 3 aromatic rings. The highest BCUT2D eigenvalue weighted by Crippen LogP contribution is 2.23. The van der Waals surface area contributed by atoms with Crippen molar-refractivity contribution in [3.8, 4) is 0 Å². The van der Waals surface area contributed by atoms with Crippen LogP contribution >= 0.6 is 23.2 Å². The van der Waals surface area contributed by atoms with E-state index >= 15 is 0 Å². The maximum Gasteiger partial charge on any atom is 0.0483 e. The Labute approximate surface area is 159 Å². The highest BCUT2D eigenvalue weighted by atomic mass is 35.5. The van der Waals surface area contributed by atoms with Crippen LogP contribution in [-0.4, -0.2) is 4.57 Å². The van der Waals surface area contributed by atoms with Crippen LogP contribution in [0, 0.1) is 0 Å². The van der Waals surface area contributed by atoms with Crippen LogP contribution in [0.3, 0.4) is 0 Å². The first-order chi connectivity index (χ1) is 12.1. The summed E-state index contributed by atoms with van der Waals surface area (Å²) in [5, 5.41) is 2.81. The standard InChI is InChI=1S/C22H23Cl2N/c1-25-21(16-18-15-20(24)12-13-22(18)25)11-6-4-2-3-5-8-17-9-7-10-19(23)14-17/h6-7,9-16H,2-5,8H2,1H3/b11-6+. The zero-order chi connectivity index (χ0) is 17.6. The van der Waals surface area contributed by atoms with Gasteiger partial charge in [0.15, 0.2) is 0 Å². The van der Waals surface area contributed by atoms with Crippen molar-refractivity contribution in [2.75, 3.05) is 0 Å². The molecule has 0 atom stereocenters. The third kappa shape index (κ3) is 4.90. The molecule has 2 aromatic carbocycles. The Hall–Kier alpha value is -1.70. The van der Waals surface area contributed by atoms with E-state index in [1.807, 2.05) is 24.3 Å². The summed E-state index contributed by atoms with van der Waals surface area (Å²) in [6, 6.07) is 16.4. The molecule has 0 fully saturated rings. The number of aromatic nitrogens is 1. The molecule has 0 aliphatic carbocycles. The molecule has 0 saturated carbocycles. The van der Waals surface area contributed by atoms with E-state index in [0.29, 0.717) is 0 Å². The lowest BCUT2D eigenvalue weighted by Gasteiger charge is -2.02. The fraction of sp³-hybridized carbons (Fsp3) is 0.273. The molecule has 130 valence electrons. The van der Waals surface area contributed by atoms with Crippen molar-refractivity contribution in [2.45, 2.75) is 32.1 Å². The Morgan fingerprint density at radius 1 is 0.920 bits per heavy atom.